The van der Waals surface area contributed by atoms with Crippen LogP contribution >= 0.6 is 0 Å². The Morgan fingerprint density at radius 3 is 2.54 bits per heavy atom. The molecule has 2 aromatic heterocycles. The van der Waals surface area contributed by atoms with Gasteiger partial charge in [0.15, 0.2) is 0 Å². The van der Waals surface area contributed by atoms with Gasteiger partial charge in [-0.1, -0.05) is 30.3 Å². The molecule has 4 rings (SSSR count). The van der Waals surface area contributed by atoms with Gasteiger partial charge in [-0.25, -0.2) is 4.98 Å². The van der Waals surface area contributed by atoms with E-state index in [9.17, 15) is 4.79 Å². The summed E-state index contributed by atoms with van der Waals surface area (Å²) in [6, 6.07) is 20.6. The minimum Gasteiger partial charge on any atom is -0.495 e. The molecule has 0 bridgehead atoms. The van der Waals surface area contributed by atoms with E-state index in [1.54, 1.807) is 37.7 Å². The topological polar surface area (TPSA) is 76.1 Å². The molecule has 4 aromatic rings. The number of para-hydroxylation sites is 3. The van der Waals surface area contributed by atoms with E-state index >= 15 is 0 Å². The van der Waals surface area contributed by atoms with Crippen molar-refractivity contribution in [3.63, 3.8) is 0 Å². The average Bonchev–Trinajstić information content (AvgIpc) is 2.75. The first-order valence-corrected chi connectivity index (χ1v) is 8.76. The lowest BCUT2D eigenvalue weighted by atomic mass is 10.2. The lowest BCUT2D eigenvalue weighted by molar-refractivity contribution is 0.102. The summed E-state index contributed by atoms with van der Waals surface area (Å²) in [4.78, 5) is 21.2. The second-order valence-electron chi connectivity index (χ2n) is 6.09. The summed E-state index contributed by atoms with van der Waals surface area (Å²) in [5.41, 5.74) is 3.44. The van der Waals surface area contributed by atoms with Gasteiger partial charge >= 0.3 is 0 Å². The third-order valence-corrected chi connectivity index (χ3v) is 4.26. The predicted octanol–water partition coefficient (Wildman–Crippen LogP) is 4.63. The number of amides is 1. The second kappa shape index (κ2) is 7.75. The molecule has 28 heavy (non-hydrogen) atoms. The van der Waals surface area contributed by atoms with E-state index < -0.39 is 0 Å². The third-order valence-electron chi connectivity index (χ3n) is 4.26. The molecule has 1 amide bonds. The van der Waals surface area contributed by atoms with Crippen LogP contribution in [0.4, 0.5) is 17.1 Å². The first-order valence-electron chi connectivity index (χ1n) is 8.76. The predicted molar refractivity (Wildman–Crippen MR) is 110 cm³/mol. The van der Waals surface area contributed by atoms with Crippen LogP contribution in [0.15, 0.2) is 79.1 Å². The van der Waals surface area contributed by atoms with E-state index in [0.29, 0.717) is 17.1 Å². The van der Waals surface area contributed by atoms with E-state index in [2.05, 4.69) is 20.6 Å². The maximum Gasteiger partial charge on any atom is 0.274 e. The van der Waals surface area contributed by atoms with Crippen LogP contribution in [0.2, 0.25) is 0 Å². The number of methoxy groups -OCH3 is 1. The molecule has 6 nitrogen and oxygen atoms in total. The van der Waals surface area contributed by atoms with Crippen molar-refractivity contribution in [2.24, 2.45) is 0 Å². The molecule has 2 heterocycles. The first kappa shape index (κ1) is 17.5. The van der Waals surface area contributed by atoms with Crippen molar-refractivity contribution in [1.29, 1.82) is 0 Å². The van der Waals surface area contributed by atoms with Gasteiger partial charge in [0.2, 0.25) is 0 Å². The first-order chi connectivity index (χ1) is 13.7. The number of fused-ring (bicyclic) bond motifs is 1. The van der Waals surface area contributed by atoms with Gasteiger partial charge in [-0.3, -0.25) is 9.78 Å². The molecular formula is C22H18N4O2. The molecule has 0 saturated carbocycles. The van der Waals surface area contributed by atoms with Crippen LogP contribution in [0.5, 0.6) is 5.75 Å². The SMILES string of the molecule is COc1ccccc1NC(=O)c1ccc(Nc2cccc3cccnc23)cn1. The molecule has 138 valence electrons. The molecule has 2 N–H and O–H groups in total. The molecule has 0 fully saturated rings. The summed E-state index contributed by atoms with van der Waals surface area (Å²) < 4.78 is 5.25. The van der Waals surface area contributed by atoms with Crippen molar-refractivity contribution < 1.29 is 9.53 Å². The number of hydrogen-bond donors (Lipinski definition) is 2. The number of rotatable bonds is 5. The highest BCUT2D eigenvalue weighted by atomic mass is 16.5. The minimum atomic E-state index is -0.303. The smallest absolute Gasteiger partial charge is 0.274 e. The second-order valence-corrected chi connectivity index (χ2v) is 6.09. The number of pyridine rings is 2. The lowest BCUT2D eigenvalue weighted by Gasteiger charge is -2.11. The van der Waals surface area contributed by atoms with Gasteiger partial charge in [-0.2, -0.15) is 0 Å². The number of nitrogens with zero attached hydrogens (tertiary/aromatic N) is 2. The molecule has 6 heteroatoms. The molecule has 0 aliphatic heterocycles. The summed E-state index contributed by atoms with van der Waals surface area (Å²) in [5.74, 6) is 0.292. The number of aromatic nitrogens is 2. The number of ether oxygens (including phenoxy) is 1. The Morgan fingerprint density at radius 2 is 1.71 bits per heavy atom. The maximum atomic E-state index is 12.5. The summed E-state index contributed by atoms with van der Waals surface area (Å²) in [6.45, 7) is 0. The van der Waals surface area contributed by atoms with Crippen LogP contribution in [-0.4, -0.2) is 23.0 Å². The minimum absolute atomic E-state index is 0.303. The van der Waals surface area contributed by atoms with Crippen LogP contribution < -0.4 is 15.4 Å². The summed E-state index contributed by atoms with van der Waals surface area (Å²) >= 11 is 0. The average molecular weight is 370 g/mol. The fraction of sp³-hybridized carbons (Fsp3) is 0.0455. The largest absolute Gasteiger partial charge is 0.495 e. The molecule has 2 aromatic carbocycles. The van der Waals surface area contributed by atoms with Crippen molar-refractivity contribution in [3.8, 4) is 5.75 Å². The van der Waals surface area contributed by atoms with Crippen LogP contribution in [0.1, 0.15) is 10.5 Å². The molecule has 0 aliphatic carbocycles. The van der Waals surface area contributed by atoms with Crippen molar-refractivity contribution in [2.45, 2.75) is 0 Å². The Kier molecular flexibility index (Phi) is 4.84. The molecular weight excluding hydrogens is 352 g/mol. The highest BCUT2D eigenvalue weighted by Gasteiger charge is 2.11. The summed E-state index contributed by atoms with van der Waals surface area (Å²) in [7, 11) is 1.56. The standard InChI is InChI=1S/C22H18N4O2/c1-28-20-10-3-2-8-17(20)26-22(27)19-12-11-16(14-24-19)25-18-9-4-6-15-7-5-13-23-21(15)18/h2-14,25H,1H3,(H,26,27). The Morgan fingerprint density at radius 1 is 0.893 bits per heavy atom. The van der Waals surface area contributed by atoms with Gasteiger partial charge in [0.1, 0.15) is 11.4 Å². The maximum absolute atomic E-state index is 12.5. The molecule has 0 spiro atoms. The van der Waals surface area contributed by atoms with Crippen LogP contribution in [0, 0.1) is 0 Å². The van der Waals surface area contributed by atoms with E-state index in [-0.39, 0.29) is 5.91 Å². The molecule has 0 radical (unpaired) electrons. The Labute approximate surface area is 162 Å². The van der Waals surface area contributed by atoms with E-state index in [4.69, 9.17) is 4.74 Å². The van der Waals surface area contributed by atoms with Gasteiger partial charge in [0, 0.05) is 11.6 Å². The Bertz CT molecular complexity index is 1120. The number of hydrogen-bond acceptors (Lipinski definition) is 5. The highest BCUT2D eigenvalue weighted by Crippen LogP contribution is 2.25. The van der Waals surface area contributed by atoms with Crippen LogP contribution in [0.25, 0.3) is 10.9 Å². The van der Waals surface area contributed by atoms with Gasteiger partial charge in [-0.05, 0) is 36.4 Å². The number of nitrogens with one attached hydrogen (secondary N) is 2. The zero-order valence-corrected chi connectivity index (χ0v) is 15.2. The molecule has 0 saturated heterocycles. The van der Waals surface area contributed by atoms with Gasteiger partial charge in [-0.15, -0.1) is 0 Å². The van der Waals surface area contributed by atoms with Gasteiger partial charge < -0.3 is 15.4 Å². The van der Waals surface area contributed by atoms with Gasteiger partial charge in [0.25, 0.3) is 5.91 Å². The highest BCUT2D eigenvalue weighted by molar-refractivity contribution is 6.03. The normalized spacial score (nSPS) is 10.5. The third kappa shape index (κ3) is 3.61. The Balaban J connectivity index is 1.51. The van der Waals surface area contributed by atoms with Crippen molar-refractivity contribution in [1.82, 2.24) is 9.97 Å². The number of carbonyl (C=O) groups excluding carboxylic acids is 1. The number of benzene rings is 2. The quantitative estimate of drug-likeness (QED) is 0.535. The van der Waals surface area contributed by atoms with Crippen molar-refractivity contribution >= 4 is 33.9 Å². The monoisotopic (exact) mass is 370 g/mol. The van der Waals surface area contributed by atoms with Gasteiger partial charge in [0.05, 0.1) is 35.9 Å². The fourth-order valence-corrected chi connectivity index (χ4v) is 2.90. The van der Waals surface area contributed by atoms with Crippen molar-refractivity contribution in [3.05, 3.63) is 84.8 Å². The molecule has 0 atom stereocenters. The van der Waals surface area contributed by atoms with E-state index in [1.807, 2.05) is 48.5 Å². The zero-order valence-electron chi connectivity index (χ0n) is 15.2. The summed E-state index contributed by atoms with van der Waals surface area (Å²) in [6.07, 6.45) is 3.38. The Hall–Kier alpha value is -3.93. The molecule has 0 aliphatic rings. The number of anilines is 3. The summed E-state index contributed by atoms with van der Waals surface area (Å²) in [5, 5.41) is 7.17. The van der Waals surface area contributed by atoms with Crippen molar-refractivity contribution in [2.75, 3.05) is 17.7 Å². The van der Waals surface area contributed by atoms with E-state index in [0.717, 1.165) is 22.3 Å². The molecule has 0 unspecified atom stereocenters. The van der Waals surface area contributed by atoms with E-state index in [1.165, 1.54) is 0 Å². The number of carbonyl (C=O) groups is 1. The zero-order chi connectivity index (χ0) is 19.3. The lowest BCUT2D eigenvalue weighted by Crippen LogP contribution is -2.14. The van der Waals surface area contributed by atoms with Crippen LogP contribution in [0.3, 0.4) is 0 Å². The van der Waals surface area contributed by atoms with Crippen LogP contribution in [-0.2, 0) is 0 Å². The fourth-order valence-electron chi connectivity index (χ4n) is 2.90.